The molecule has 0 unspecified atom stereocenters. The molecule has 4 rings (SSSR count). The molecular formula is C23H21BrN2O3. The summed E-state index contributed by atoms with van der Waals surface area (Å²) in [6.45, 7) is 2.51. The fourth-order valence-corrected chi connectivity index (χ4v) is 3.70. The zero-order valence-corrected chi connectivity index (χ0v) is 17.9. The third-order valence-electron chi connectivity index (χ3n) is 4.98. The van der Waals surface area contributed by atoms with Gasteiger partial charge in [-0.15, -0.1) is 0 Å². The van der Waals surface area contributed by atoms with Crippen molar-refractivity contribution in [3.8, 4) is 11.3 Å². The molecule has 0 spiro atoms. The van der Waals surface area contributed by atoms with Gasteiger partial charge in [0.1, 0.15) is 17.0 Å². The van der Waals surface area contributed by atoms with Crippen LogP contribution in [0.4, 0.5) is 0 Å². The molecule has 2 aromatic heterocycles. The molecule has 0 radical (unpaired) electrons. The average molecular weight is 453 g/mol. The van der Waals surface area contributed by atoms with Crippen LogP contribution in [-0.4, -0.2) is 29.6 Å². The fourth-order valence-electron chi connectivity index (χ4n) is 3.34. The summed E-state index contributed by atoms with van der Waals surface area (Å²) in [5, 5.41) is 5.09. The lowest BCUT2D eigenvalue weighted by Crippen LogP contribution is -2.28. The lowest BCUT2D eigenvalue weighted by molar-refractivity contribution is 0.0762. The van der Waals surface area contributed by atoms with Gasteiger partial charge in [0.25, 0.3) is 5.91 Å². The predicted molar refractivity (Wildman–Crippen MR) is 116 cm³/mol. The molecule has 0 aliphatic heterocycles. The minimum Gasteiger partial charge on any atom is -0.451 e. The van der Waals surface area contributed by atoms with Gasteiger partial charge in [-0.25, -0.2) is 0 Å². The molecule has 148 valence electrons. The van der Waals surface area contributed by atoms with Gasteiger partial charge in [0.05, 0.1) is 0 Å². The van der Waals surface area contributed by atoms with E-state index in [-0.39, 0.29) is 5.91 Å². The zero-order chi connectivity index (χ0) is 20.4. The Kier molecular flexibility index (Phi) is 5.53. The Labute approximate surface area is 177 Å². The van der Waals surface area contributed by atoms with Gasteiger partial charge in [0.2, 0.25) is 0 Å². The number of amides is 1. The van der Waals surface area contributed by atoms with Gasteiger partial charge >= 0.3 is 0 Å². The summed E-state index contributed by atoms with van der Waals surface area (Å²) in [6.07, 6.45) is 1.49. The van der Waals surface area contributed by atoms with Crippen molar-refractivity contribution in [1.29, 1.82) is 0 Å². The monoisotopic (exact) mass is 452 g/mol. The van der Waals surface area contributed by atoms with Crippen LogP contribution in [0.25, 0.3) is 22.2 Å². The van der Waals surface area contributed by atoms with Crippen molar-refractivity contribution in [1.82, 2.24) is 10.1 Å². The van der Waals surface area contributed by atoms with Crippen LogP contribution < -0.4 is 0 Å². The number of aromatic nitrogens is 1. The second-order valence-electron chi connectivity index (χ2n) is 7.07. The summed E-state index contributed by atoms with van der Waals surface area (Å²) < 4.78 is 12.2. The topological polar surface area (TPSA) is 59.5 Å². The van der Waals surface area contributed by atoms with Gasteiger partial charge in [-0.3, -0.25) is 4.79 Å². The molecule has 0 saturated heterocycles. The van der Waals surface area contributed by atoms with Crippen LogP contribution >= 0.6 is 15.9 Å². The van der Waals surface area contributed by atoms with E-state index in [1.54, 1.807) is 11.9 Å². The Balaban J connectivity index is 1.38. The standard InChI is InChI=1S/C23H21BrN2O3/c1-15-19-13-17(24)10-11-21(19)28-22(15)23(27)26(2)12-6-9-18-14-20(25-29-18)16-7-4-3-5-8-16/h3-5,7-8,10-11,13-14H,6,9,12H2,1-2H3. The second kappa shape index (κ2) is 8.25. The number of hydrogen-bond acceptors (Lipinski definition) is 4. The molecule has 2 aromatic carbocycles. The van der Waals surface area contributed by atoms with Crippen molar-refractivity contribution in [2.24, 2.45) is 0 Å². The third-order valence-corrected chi connectivity index (χ3v) is 5.48. The van der Waals surface area contributed by atoms with E-state index in [1.165, 1.54) is 0 Å². The van der Waals surface area contributed by atoms with Crippen molar-refractivity contribution in [2.45, 2.75) is 19.8 Å². The van der Waals surface area contributed by atoms with E-state index in [0.29, 0.717) is 18.7 Å². The van der Waals surface area contributed by atoms with Gasteiger partial charge in [0.15, 0.2) is 5.76 Å². The molecule has 0 N–H and O–H groups in total. The van der Waals surface area contributed by atoms with Gasteiger partial charge in [-0.2, -0.15) is 0 Å². The lowest BCUT2D eigenvalue weighted by atomic mass is 10.1. The molecule has 1 amide bonds. The molecule has 0 aliphatic carbocycles. The van der Waals surface area contributed by atoms with Crippen molar-refractivity contribution < 1.29 is 13.7 Å². The Morgan fingerprint density at radius 2 is 1.93 bits per heavy atom. The number of furan rings is 1. The van der Waals surface area contributed by atoms with Crippen LogP contribution in [0.5, 0.6) is 0 Å². The summed E-state index contributed by atoms with van der Waals surface area (Å²) in [7, 11) is 1.79. The number of halogens is 1. The van der Waals surface area contributed by atoms with E-state index in [9.17, 15) is 4.79 Å². The third kappa shape index (κ3) is 4.12. The predicted octanol–water partition coefficient (Wildman–Crippen LogP) is 5.86. The van der Waals surface area contributed by atoms with Crippen molar-refractivity contribution in [3.05, 3.63) is 76.2 Å². The zero-order valence-electron chi connectivity index (χ0n) is 16.3. The molecule has 2 heterocycles. The molecule has 5 nitrogen and oxygen atoms in total. The molecule has 29 heavy (non-hydrogen) atoms. The number of carbonyl (C=O) groups is 1. The first-order valence-electron chi connectivity index (χ1n) is 9.48. The Bertz CT molecular complexity index is 1150. The maximum Gasteiger partial charge on any atom is 0.289 e. The first kappa shape index (κ1) is 19.5. The summed E-state index contributed by atoms with van der Waals surface area (Å²) in [4.78, 5) is 14.5. The smallest absolute Gasteiger partial charge is 0.289 e. The Morgan fingerprint density at radius 1 is 1.14 bits per heavy atom. The van der Waals surface area contributed by atoms with E-state index < -0.39 is 0 Å². The van der Waals surface area contributed by atoms with Crippen molar-refractivity contribution in [3.63, 3.8) is 0 Å². The summed E-state index contributed by atoms with van der Waals surface area (Å²) in [5.74, 6) is 1.10. The molecular weight excluding hydrogens is 432 g/mol. The molecule has 0 bridgehead atoms. The fraction of sp³-hybridized carbons (Fsp3) is 0.217. The maximum absolute atomic E-state index is 12.8. The lowest BCUT2D eigenvalue weighted by Gasteiger charge is -2.15. The largest absolute Gasteiger partial charge is 0.451 e. The summed E-state index contributed by atoms with van der Waals surface area (Å²) in [6, 6.07) is 17.6. The van der Waals surface area contributed by atoms with Crippen LogP contribution in [0.3, 0.4) is 0 Å². The first-order chi connectivity index (χ1) is 14.0. The van der Waals surface area contributed by atoms with Crippen molar-refractivity contribution in [2.75, 3.05) is 13.6 Å². The van der Waals surface area contributed by atoms with E-state index in [2.05, 4.69) is 21.1 Å². The van der Waals surface area contributed by atoms with Crippen LogP contribution in [0.2, 0.25) is 0 Å². The highest BCUT2D eigenvalue weighted by molar-refractivity contribution is 9.10. The van der Waals surface area contributed by atoms with Crippen LogP contribution in [0.1, 0.15) is 28.3 Å². The number of rotatable bonds is 6. The van der Waals surface area contributed by atoms with Gasteiger partial charge in [-0.05, 0) is 31.5 Å². The van der Waals surface area contributed by atoms with E-state index >= 15 is 0 Å². The number of carbonyl (C=O) groups excluding carboxylic acids is 1. The summed E-state index contributed by atoms with van der Waals surface area (Å²) >= 11 is 3.46. The van der Waals surface area contributed by atoms with Gasteiger partial charge in [-0.1, -0.05) is 51.4 Å². The normalized spacial score (nSPS) is 11.1. The summed E-state index contributed by atoms with van der Waals surface area (Å²) in [5.41, 5.74) is 3.44. The quantitative estimate of drug-likeness (QED) is 0.367. The van der Waals surface area contributed by atoms with Gasteiger partial charge < -0.3 is 13.8 Å². The van der Waals surface area contributed by atoms with Gasteiger partial charge in [0, 0.05) is 47.1 Å². The first-order valence-corrected chi connectivity index (χ1v) is 10.3. The number of aryl methyl sites for hydroxylation is 2. The highest BCUT2D eigenvalue weighted by Gasteiger charge is 2.21. The number of benzene rings is 2. The number of nitrogens with zero attached hydrogens (tertiary/aromatic N) is 2. The number of hydrogen-bond donors (Lipinski definition) is 0. The molecule has 4 aromatic rings. The molecule has 0 aliphatic rings. The minimum atomic E-state index is -0.114. The second-order valence-corrected chi connectivity index (χ2v) is 7.99. The Hall–Kier alpha value is -2.86. The molecule has 6 heteroatoms. The van der Waals surface area contributed by atoms with Crippen LogP contribution in [0, 0.1) is 6.92 Å². The molecule has 0 fully saturated rings. The molecule has 0 saturated carbocycles. The minimum absolute atomic E-state index is 0.114. The van der Waals surface area contributed by atoms with E-state index in [1.807, 2.05) is 61.5 Å². The maximum atomic E-state index is 12.8. The van der Waals surface area contributed by atoms with Crippen molar-refractivity contribution >= 4 is 32.8 Å². The van der Waals surface area contributed by atoms with Crippen LogP contribution in [-0.2, 0) is 6.42 Å². The molecule has 0 atom stereocenters. The SMILES string of the molecule is Cc1c(C(=O)N(C)CCCc2cc(-c3ccccc3)no2)oc2ccc(Br)cc12. The van der Waals surface area contributed by atoms with E-state index in [0.717, 1.165) is 44.4 Å². The Morgan fingerprint density at radius 3 is 2.72 bits per heavy atom. The highest BCUT2D eigenvalue weighted by atomic mass is 79.9. The highest BCUT2D eigenvalue weighted by Crippen LogP contribution is 2.28. The number of fused-ring (bicyclic) bond motifs is 1. The van der Waals surface area contributed by atoms with E-state index in [4.69, 9.17) is 8.94 Å². The van der Waals surface area contributed by atoms with Crippen LogP contribution in [0.15, 0.2) is 68.0 Å². The average Bonchev–Trinajstić information content (AvgIpc) is 3.33.